The second-order valence-electron chi connectivity index (χ2n) is 7.83. The molecule has 1 fully saturated rings. The molecule has 2 aromatic rings. The van der Waals surface area contributed by atoms with Gasteiger partial charge in [-0.3, -0.25) is 0 Å². The van der Waals surface area contributed by atoms with Crippen molar-refractivity contribution in [3.05, 3.63) is 47.5 Å². The first-order chi connectivity index (χ1) is 12.4. The van der Waals surface area contributed by atoms with Crippen LogP contribution < -0.4 is 5.32 Å². The quantitative estimate of drug-likeness (QED) is 0.698. The van der Waals surface area contributed by atoms with E-state index in [1.54, 1.807) is 5.56 Å². The summed E-state index contributed by atoms with van der Waals surface area (Å²) in [5.41, 5.74) is 2.94. The van der Waals surface area contributed by atoms with Crippen molar-refractivity contribution in [1.82, 2.24) is 5.32 Å². The largest absolute Gasteiger partial charge is 0.373 e. The average Bonchev–Trinajstić information content (AvgIpc) is 2.66. The van der Waals surface area contributed by atoms with E-state index in [0.717, 1.165) is 13.2 Å². The van der Waals surface area contributed by atoms with Gasteiger partial charge in [0.15, 0.2) is 0 Å². The normalized spacial score (nSPS) is 25.6. The summed E-state index contributed by atoms with van der Waals surface area (Å²) in [6.45, 7) is 4.21. The van der Waals surface area contributed by atoms with Crippen LogP contribution in [0.4, 0.5) is 0 Å². The predicted octanol–water partition coefficient (Wildman–Crippen LogP) is 5.54. The van der Waals surface area contributed by atoms with Crippen LogP contribution in [0.3, 0.4) is 0 Å². The van der Waals surface area contributed by atoms with Crippen molar-refractivity contribution in [3.63, 3.8) is 0 Å². The van der Waals surface area contributed by atoms with Crippen LogP contribution in [0, 0.1) is 0 Å². The van der Waals surface area contributed by atoms with Crippen molar-refractivity contribution in [3.8, 4) is 0 Å². The second-order valence-corrected chi connectivity index (χ2v) is 7.83. The third kappa shape index (κ3) is 3.61. The second kappa shape index (κ2) is 7.88. The highest BCUT2D eigenvalue weighted by molar-refractivity contribution is 5.84. The van der Waals surface area contributed by atoms with E-state index < -0.39 is 0 Å². The van der Waals surface area contributed by atoms with Crippen molar-refractivity contribution >= 4 is 10.8 Å². The Kier molecular flexibility index (Phi) is 5.38. The molecule has 4 rings (SSSR count). The molecule has 2 aliphatic rings. The SMILES string of the molecule is CCCCCCN[C@@H]1CCC[C@H]2OCc3cc4ccccc4cc3[C@@H]12. The Morgan fingerprint density at radius 1 is 1.04 bits per heavy atom. The Hall–Kier alpha value is -1.38. The molecule has 0 radical (unpaired) electrons. The molecule has 0 saturated heterocycles. The highest BCUT2D eigenvalue weighted by Crippen LogP contribution is 2.42. The van der Waals surface area contributed by atoms with Gasteiger partial charge in [-0.1, -0.05) is 56.5 Å². The molecule has 1 aliphatic heterocycles. The molecule has 2 heteroatoms. The fourth-order valence-electron chi connectivity index (χ4n) is 4.77. The molecule has 2 nitrogen and oxygen atoms in total. The lowest BCUT2D eigenvalue weighted by atomic mass is 9.74. The van der Waals surface area contributed by atoms with E-state index in [1.165, 1.54) is 61.3 Å². The molecular formula is C23H31NO. The van der Waals surface area contributed by atoms with Crippen LogP contribution in [0.25, 0.3) is 10.8 Å². The summed E-state index contributed by atoms with van der Waals surface area (Å²) in [5.74, 6) is 0.522. The zero-order valence-corrected chi connectivity index (χ0v) is 15.5. The first-order valence-corrected chi connectivity index (χ1v) is 10.2. The van der Waals surface area contributed by atoms with Gasteiger partial charge in [-0.2, -0.15) is 0 Å². The van der Waals surface area contributed by atoms with Crippen LogP contribution in [-0.4, -0.2) is 18.7 Å². The summed E-state index contributed by atoms with van der Waals surface area (Å²) in [4.78, 5) is 0. The minimum Gasteiger partial charge on any atom is -0.373 e. The molecule has 1 saturated carbocycles. The smallest absolute Gasteiger partial charge is 0.0723 e. The zero-order valence-electron chi connectivity index (χ0n) is 15.5. The fourth-order valence-corrected chi connectivity index (χ4v) is 4.77. The monoisotopic (exact) mass is 337 g/mol. The maximum absolute atomic E-state index is 6.29. The Labute approximate surface area is 152 Å². The van der Waals surface area contributed by atoms with Crippen LogP contribution in [0.2, 0.25) is 0 Å². The highest BCUT2D eigenvalue weighted by Gasteiger charge is 2.38. The van der Waals surface area contributed by atoms with Gasteiger partial charge >= 0.3 is 0 Å². The summed E-state index contributed by atoms with van der Waals surface area (Å²) in [6.07, 6.45) is 9.50. The Morgan fingerprint density at radius 2 is 1.88 bits per heavy atom. The minimum atomic E-state index is 0.399. The zero-order chi connectivity index (χ0) is 17.1. The van der Waals surface area contributed by atoms with Gasteiger partial charge in [0.1, 0.15) is 0 Å². The maximum atomic E-state index is 6.29. The molecule has 134 valence electrons. The van der Waals surface area contributed by atoms with Crippen LogP contribution in [-0.2, 0) is 11.3 Å². The summed E-state index contributed by atoms with van der Waals surface area (Å²) < 4.78 is 6.29. The van der Waals surface area contributed by atoms with Gasteiger partial charge in [0, 0.05) is 12.0 Å². The molecule has 3 atom stereocenters. The maximum Gasteiger partial charge on any atom is 0.0723 e. The van der Waals surface area contributed by atoms with Gasteiger partial charge in [-0.15, -0.1) is 0 Å². The van der Waals surface area contributed by atoms with E-state index in [1.807, 2.05) is 0 Å². The Bertz CT molecular complexity index is 710. The molecule has 2 aromatic carbocycles. The molecule has 0 unspecified atom stereocenters. The number of rotatable bonds is 6. The highest BCUT2D eigenvalue weighted by atomic mass is 16.5. The summed E-state index contributed by atoms with van der Waals surface area (Å²) in [5, 5.41) is 6.59. The van der Waals surface area contributed by atoms with Crippen molar-refractivity contribution in [2.24, 2.45) is 0 Å². The molecule has 1 N–H and O–H groups in total. The molecule has 1 heterocycles. The Morgan fingerprint density at radius 3 is 2.72 bits per heavy atom. The van der Waals surface area contributed by atoms with E-state index >= 15 is 0 Å². The van der Waals surface area contributed by atoms with E-state index in [-0.39, 0.29) is 0 Å². The van der Waals surface area contributed by atoms with E-state index in [9.17, 15) is 0 Å². The first kappa shape index (κ1) is 17.1. The topological polar surface area (TPSA) is 21.3 Å². The number of hydrogen-bond acceptors (Lipinski definition) is 2. The number of hydrogen-bond donors (Lipinski definition) is 1. The minimum absolute atomic E-state index is 0.399. The van der Waals surface area contributed by atoms with Crippen LogP contribution >= 0.6 is 0 Å². The summed E-state index contributed by atoms with van der Waals surface area (Å²) in [6, 6.07) is 14.1. The molecule has 1 aliphatic carbocycles. The third-order valence-corrected chi connectivity index (χ3v) is 6.09. The van der Waals surface area contributed by atoms with Crippen molar-refractivity contribution in [2.75, 3.05) is 6.54 Å². The van der Waals surface area contributed by atoms with Gasteiger partial charge in [-0.05, 0) is 60.2 Å². The van der Waals surface area contributed by atoms with Crippen molar-refractivity contribution in [2.45, 2.75) is 76.5 Å². The average molecular weight is 338 g/mol. The van der Waals surface area contributed by atoms with Crippen molar-refractivity contribution < 1.29 is 4.74 Å². The van der Waals surface area contributed by atoms with Crippen LogP contribution in [0.5, 0.6) is 0 Å². The van der Waals surface area contributed by atoms with Crippen LogP contribution in [0.15, 0.2) is 36.4 Å². The lowest BCUT2D eigenvalue weighted by Crippen LogP contribution is -2.46. The molecule has 0 amide bonds. The standard InChI is InChI=1S/C23H31NO/c1-2-3-4-7-13-24-21-11-8-12-22-23(21)20-15-18-10-6-5-9-17(18)14-19(20)16-25-22/h5-6,9-10,14-15,21-24H,2-4,7-8,11-13,16H2,1H3/t21-,22-,23+/m1/s1. The fraction of sp³-hybridized carbons (Fsp3) is 0.565. The lowest BCUT2D eigenvalue weighted by Gasteiger charge is -2.43. The number of benzene rings is 2. The van der Waals surface area contributed by atoms with E-state index in [4.69, 9.17) is 4.74 Å². The van der Waals surface area contributed by atoms with Gasteiger partial charge < -0.3 is 10.1 Å². The molecular weight excluding hydrogens is 306 g/mol. The third-order valence-electron chi connectivity index (χ3n) is 6.09. The summed E-state index contributed by atoms with van der Waals surface area (Å²) in [7, 11) is 0. The number of nitrogens with one attached hydrogen (secondary N) is 1. The summed E-state index contributed by atoms with van der Waals surface area (Å²) >= 11 is 0. The molecule has 25 heavy (non-hydrogen) atoms. The van der Waals surface area contributed by atoms with Gasteiger partial charge in [0.05, 0.1) is 12.7 Å². The predicted molar refractivity (Wildman–Crippen MR) is 105 cm³/mol. The first-order valence-electron chi connectivity index (χ1n) is 10.2. The van der Waals surface area contributed by atoms with Crippen molar-refractivity contribution in [1.29, 1.82) is 0 Å². The molecule has 0 bridgehead atoms. The van der Waals surface area contributed by atoms with Crippen LogP contribution in [0.1, 0.15) is 68.9 Å². The van der Waals surface area contributed by atoms with Gasteiger partial charge in [0.2, 0.25) is 0 Å². The number of fused-ring (bicyclic) bond motifs is 4. The lowest BCUT2D eigenvalue weighted by molar-refractivity contribution is -0.0216. The van der Waals surface area contributed by atoms with Gasteiger partial charge in [-0.25, -0.2) is 0 Å². The molecule has 0 spiro atoms. The molecule has 0 aromatic heterocycles. The number of unbranched alkanes of at least 4 members (excludes halogenated alkanes) is 3. The van der Waals surface area contributed by atoms with E-state index in [2.05, 4.69) is 48.6 Å². The van der Waals surface area contributed by atoms with Gasteiger partial charge in [0.25, 0.3) is 0 Å². The number of ether oxygens (including phenoxy) is 1. The van der Waals surface area contributed by atoms with E-state index in [0.29, 0.717) is 18.1 Å². The Balaban J connectivity index is 1.56.